The van der Waals surface area contributed by atoms with Crippen molar-refractivity contribution >= 4 is 34.0 Å². The molecule has 28 heavy (non-hydrogen) atoms. The molecule has 0 saturated heterocycles. The highest BCUT2D eigenvalue weighted by atomic mass is 16.3. The van der Waals surface area contributed by atoms with Crippen molar-refractivity contribution in [3.8, 4) is 16.9 Å². The van der Waals surface area contributed by atoms with Gasteiger partial charge in [-0.05, 0) is 52.9 Å². The number of carbonyl (C=O) groups excluding carboxylic acids is 1. The SMILES string of the molecule is NC(=O)Nc1cccc(Nc2nccc3c(-c4cccc(O)c4)cccc23)c1. The van der Waals surface area contributed by atoms with Gasteiger partial charge in [-0.3, -0.25) is 0 Å². The molecule has 0 fully saturated rings. The number of carbonyl (C=O) groups is 1. The number of rotatable bonds is 4. The summed E-state index contributed by atoms with van der Waals surface area (Å²) in [6.07, 6.45) is 1.74. The van der Waals surface area contributed by atoms with Gasteiger partial charge in [0.15, 0.2) is 0 Å². The molecule has 0 aliphatic carbocycles. The number of aromatic nitrogens is 1. The van der Waals surface area contributed by atoms with E-state index in [1.807, 2.05) is 48.5 Å². The lowest BCUT2D eigenvalue weighted by Crippen LogP contribution is -2.19. The second-order valence-corrected chi connectivity index (χ2v) is 6.31. The maximum absolute atomic E-state index is 11.1. The Labute approximate surface area is 161 Å². The number of aromatic hydroxyl groups is 1. The van der Waals surface area contributed by atoms with Crippen molar-refractivity contribution < 1.29 is 9.90 Å². The Morgan fingerprint density at radius 3 is 2.50 bits per heavy atom. The van der Waals surface area contributed by atoms with Crippen LogP contribution in [0.2, 0.25) is 0 Å². The van der Waals surface area contributed by atoms with Crippen molar-refractivity contribution in [3.05, 3.63) is 79.0 Å². The highest BCUT2D eigenvalue weighted by Gasteiger charge is 2.09. The van der Waals surface area contributed by atoms with Gasteiger partial charge in [0.05, 0.1) is 0 Å². The minimum Gasteiger partial charge on any atom is -0.508 e. The second kappa shape index (κ2) is 7.28. The predicted molar refractivity (Wildman–Crippen MR) is 112 cm³/mol. The summed E-state index contributed by atoms with van der Waals surface area (Å²) < 4.78 is 0. The fourth-order valence-electron chi connectivity index (χ4n) is 3.19. The number of hydrogen-bond donors (Lipinski definition) is 4. The first-order valence-electron chi connectivity index (χ1n) is 8.71. The summed E-state index contributed by atoms with van der Waals surface area (Å²) in [6, 6.07) is 21.7. The number of phenols is 1. The lowest BCUT2D eigenvalue weighted by Gasteiger charge is -2.13. The van der Waals surface area contributed by atoms with Crippen LogP contribution >= 0.6 is 0 Å². The molecule has 0 unspecified atom stereocenters. The van der Waals surface area contributed by atoms with E-state index in [0.29, 0.717) is 11.5 Å². The summed E-state index contributed by atoms with van der Waals surface area (Å²) in [5.74, 6) is 0.913. The smallest absolute Gasteiger partial charge is 0.316 e. The summed E-state index contributed by atoms with van der Waals surface area (Å²) in [7, 11) is 0. The van der Waals surface area contributed by atoms with E-state index in [2.05, 4.69) is 15.6 Å². The van der Waals surface area contributed by atoms with E-state index in [1.165, 1.54) is 0 Å². The number of phenolic OH excluding ortho intramolecular Hbond substituents is 1. The molecule has 138 valence electrons. The Balaban J connectivity index is 1.75. The first kappa shape index (κ1) is 17.4. The molecule has 0 spiro atoms. The molecule has 2 amide bonds. The van der Waals surface area contributed by atoms with Crippen molar-refractivity contribution in [1.29, 1.82) is 0 Å². The normalized spacial score (nSPS) is 10.6. The summed E-state index contributed by atoms with van der Waals surface area (Å²) in [4.78, 5) is 15.5. The molecule has 0 aliphatic heterocycles. The Hall–Kier alpha value is -4.06. The summed E-state index contributed by atoms with van der Waals surface area (Å²) >= 11 is 0. The first-order valence-corrected chi connectivity index (χ1v) is 8.71. The van der Waals surface area contributed by atoms with E-state index in [0.717, 1.165) is 27.6 Å². The Morgan fingerprint density at radius 2 is 1.68 bits per heavy atom. The molecule has 3 aromatic carbocycles. The van der Waals surface area contributed by atoms with E-state index >= 15 is 0 Å². The molecule has 6 heteroatoms. The number of pyridine rings is 1. The van der Waals surface area contributed by atoms with E-state index in [-0.39, 0.29) is 5.75 Å². The van der Waals surface area contributed by atoms with Crippen LogP contribution in [0.1, 0.15) is 0 Å². The second-order valence-electron chi connectivity index (χ2n) is 6.31. The summed E-state index contributed by atoms with van der Waals surface area (Å²) in [6.45, 7) is 0. The molecule has 4 rings (SSSR count). The van der Waals surface area contributed by atoms with Crippen LogP contribution in [-0.2, 0) is 0 Å². The minimum absolute atomic E-state index is 0.223. The molecule has 0 radical (unpaired) electrons. The van der Waals surface area contributed by atoms with Crippen LogP contribution in [0.25, 0.3) is 21.9 Å². The highest BCUT2D eigenvalue weighted by molar-refractivity contribution is 6.02. The van der Waals surface area contributed by atoms with Crippen LogP contribution in [0.5, 0.6) is 5.75 Å². The molecular formula is C22H18N4O2. The Morgan fingerprint density at radius 1 is 0.893 bits per heavy atom. The topological polar surface area (TPSA) is 100 Å². The lowest BCUT2D eigenvalue weighted by molar-refractivity contribution is 0.259. The summed E-state index contributed by atoms with van der Waals surface area (Å²) in [5, 5.41) is 17.6. The standard InChI is InChI=1S/C22H18N4O2/c23-22(28)26-16-6-2-5-15(13-16)25-21-20-9-3-8-18(19(20)10-11-24-21)14-4-1-7-17(27)12-14/h1-13,27H,(H,24,25)(H3,23,26,28). The van der Waals surface area contributed by atoms with E-state index in [4.69, 9.17) is 5.73 Å². The van der Waals surface area contributed by atoms with Gasteiger partial charge in [-0.1, -0.05) is 36.4 Å². The molecule has 6 nitrogen and oxygen atoms in total. The zero-order chi connectivity index (χ0) is 19.5. The number of amides is 2. The number of nitrogens with two attached hydrogens (primary N) is 1. The first-order chi connectivity index (χ1) is 13.6. The van der Waals surface area contributed by atoms with E-state index in [1.54, 1.807) is 30.5 Å². The molecule has 1 heterocycles. The zero-order valence-corrected chi connectivity index (χ0v) is 14.9. The number of fused-ring (bicyclic) bond motifs is 1. The van der Waals surface area contributed by atoms with Gasteiger partial charge in [-0.15, -0.1) is 0 Å². The van der Waals surface area contributed by atoms with Gasteiger partial charge in [-0.25, -0.2) is 9.78 Å². The Kier molecular flexibility index (Phi) is 4.51. The van der Waals surface area contributed by atoms with Crippen LogP contribution in [0, 0.1) is 0 Å². The Bertz CT molecular complexity index is 1170. The number of urea groups is 1. The molecule has 0 bridgehead atoms. The van der Waals surface area contributed by atoms with Crippen molar-refractivity contribution in [3.63, 3.8) is 0 Å². The number of hydrogen-bond acceptors (Lipinski definition) is 4. The average molecular weight is 370 g/mol. The monoisotopic (exact) mass is 370 g/mol. The van der Waals surface area contributed by atoms with Crippen molar-refractivity contribution in [2.45, 2.75) is 0 Å². The van der Waals surface area contributed by atoms with Gasteiger partial charge in [0.25, 0.3) is 0 Å². The van der Waals surface area contributed by atoms with Crippen LogP contribution in [0.3, 0.4) is 0 Å². The van der Waals surface area contributed by atoms with E-state index in [9.17, 15) is 9.90 Å². The van der Waals surface area contributed by atoms with Gasteiger partial charge >= 0.3 is 6.03 Å². The van der Waals surface area contributed by atoms with Gasteiger partial charge < -0.3 is 21.5 Å². The average Bonchev–Trinajstić information content (AvgIpc) is 2.68. The number of anilines is 3. The summed E-state index contributed by atoms with van der Waals surface area (Å²) in [5.41, 5.74) is 8.48. The number of primary amides is 1. The maximum atomic E-state index is 11.1. The highest BCUT2D eigenvalue weighted by Crippen LogP contribution is 2.33. The van der Waals surface area contributed by atoms with Crippen LogP contribution in [0.4, 0.5) is 22.0 Å². The van der Waals surface area contributed by atoms with Crippen LogP contribution in [0.15, 0.2) is 79.0 Å². The third-order valence-electron chi connectivity index (χ3n) is 4.36. The molecule has 5 N–H and O–H groups in total. The number of nitrogens with one attached hydrogen (secondary N) is 2. The van der Waals surface area contributed by atoms with Crippen molar-refractivity contribution in [1.82, 2.24) is 4.98 Å². The molecule has 0 atom stereocenters. The third kappa shape index (κ3) is 3.57. The zero-order valence-electron chi connectivity index (χ0n) is 14.9. The molecule has 0 saturated carbocycles. The fourth-order valence-corrected chi connectivity index (χ4v) is 3.19. The van der Waals surface area contributed by atoms with Crippen LogP contribution in [-0.4, -0.2) is 16.1 Å². The van der Waals surface area contributed by atoms with Crippen molar-refractivity contribution in [2.24, 2.45) is 5.73 Å². The van der Waals surface area contributed by atoms with Gasteiger partial charge in [0, 0.05) is 23.0 Å². The molecular weight excluding hydrogens is 352 g/mol. The predicted octanol–water partition coefficient (Wildman–Crippen LogP) is 4.84. The molecule has 4 aromatic rings. The lowest BCUT2D eigenvalue weighted by atomic mass is 9.99. The minimum atomic E-state index is -0.615. The van der Waals surface area contributed by atoms with Crippen molar-refractivity contribution in [2.75, 3.05) is 10.6 Å². The van der Waals surface area contributed by atoms with Gasteiger partial charge in [-0.2, -0.15) is 0 Å². The largest absolute Gasteiger partial charge is 0.508 e. The number of nitrogens with zero attached hydrogens (tertiary/aromatic N) is 1. The van der Waals surface area contributed by atoms with E-state index < -0.39 is 6.03 Å². The molecule has 1 aromatic heterocycles. The van der Waals surface area contributed by atoms with Crippen LogP contribution < -0.4 is 16.4 Å². The quantitative estimate of drug-likeness (QED) is 0.413. The third-order valence-corrected chi connectivity index (χ3v) is 4.36. The van der Waals surface area contributed by atoms with Gasteiger partial charge in [0.2, 0.25) is 0 Å². The maximum Gasteiger partial charge on any atom is 0.316 e. The fraction of sp³-hybridized carbons (Fsp3) is 0. The molecule has 0 aliphatic rings. The number of benzene rings is 3. The van der Waals surface area contributed by atoms with Gasteiger partial charge in [0.1, 0.15) is 11.6 Å².